The maximum atomic E-state index is 13.7. The normalized spacial score (nSPS) is 11.9. The van der Waals surface area contributed by atoms with Crippen LogP contribution in [-0.2, 0) is 6.18 Å². The van der Waals surface area contributed by atoms with E-state index in [0.29, 0.717) is 21.2 Å². The first kappa shape index (κ1) is 18.6. The van der Waals surface area contributed by atoms with Gasteiger partial charge in [0.2, 0.25) is 0 Å². The summed E-state index contributed by atoms with van der Waals surface area (Å²) in [4.78, 5) is 4.23. The third-order valence-electron chi connectivity index (χ3n) is 4.24. The van der Waals surface area contributed by atoms with Gasteiger partial charge in [0, 0.05) is 21.8 Å². The fraction of sp³-hybridized carbons (Fsp3) is 0.0526. The van der Waals surface area contributed by atoms with Gasteiger partial charge in [0.15, 0.2) is 11.3 Å². The second kappa shape index (κ2) is 6.68. The van der Waals surface area contributed by atoms with E-state index in [1.165, 1.54) is 30.5 Å². The molecule has 0 aliphatic heterocycles. The van der Waals surface area contributed by atoms with Crippen molar-refractivity contribution in [3.05, 3.63) is 70.5 Å². The lowest BCUT2D eigenvalue weighted by molar-refractivity contribution is -0.140. The first-order valence-electron chi connectivity index (χ1n) is 8.02. The first-order valence-corrected chi connectivity index (χ1v) is 8.77. The van der Waals surface area contributed by atoms with Gasteiger partial charge >= 0.3 is 6.18 Å². The molecular formula is C19H11Cl2F3N4. The summed E-state index contributed by atoms with van der Waals surface area (Å²) in [7, 11) is 0. The summed E-state index contributed by atoms with van der Waals surface area (Å²) in [6.45, 7) is 0. The molecule has 4 nitrogen and oxygen atoms in total. The molecule has 2 N–H and O–H groups in total. The molecule has 2 aromatic heterocycles. The highest BCUT2D eigenvalue weighted by Crippen LogP contribution is 2.40. The second-order valence-electron chi connectivity index (χ2n) is 6.03. The minimum Gasteiger partial charge on any atom is -0.383 e. The summed E-state index contributed by atoms with van der Waals surface area (Å²) >= 11 is 11.7. The SMILES string of the molecule is Nc1c(-c2ccc(Cl)cc2)cnc2c(-c3ccc(Cl)cc3)c(C(F)(F)F)nn12. The molecule has 0 radical (unpaired) electrons. The van der Waals surface area contributed by atoms with Crippen molar-refractivity contribution in [3.63, 3.8) is 0 Å². The van der Waals surface area contributed by atoms with Crippen LogP contribution < -0.4 is 5.73 Å². The van der Waals surface area contributed by atoms with Gasteiger partial charge in [-0.1, -0.05) is 47.5 Å². The van der Waals surface area contributed by atoms with Gasteiger partial charge in [-0.25, -0.2) is 4.98 Å². The lowest BCUT2D eigenvalue weighted by atomic mass is 10.1. The van der Waals surface area contributed by atoms with Crippen LogP contribution in [0, 0.1) is 0 Å². The number of aromatic nitrogens is 3. The molecule has 2 heterocycles. The first-order chi connectivity index (χ1) is 13.3. The van der Waals surface area contributed by atoms with Gasteiger partial charge in [-0.05, 0) is 35.4 Å². The monoisotopic (exact) mass is 422 g/mol. The molecule has 0 saturated carbocycles. The zero-order valence-corrected chi connectivity index (χ0v) is 15.5. The highest BCUT2D eigenvalue weighted by atomic mass is 35.5. The molecule has 9 heteroatoms. The smallest absolute Gasteiger partial charge is 0.383 e. The molecule has 0 fully saturated rings. The van der Waals surface area contributed by atoms with Gasteiger partial charge in [0.05, 0.1) is 5.56 Å². The molecule has 4 rings (SSSR count). The lowest BCUT2D eigenvalue weighted by Crippen LogP contribution is -2.08. The number of anilines is 1. The number of nitrogens with zero attached hydrogens (tertiary/aromatic N) is 3. The number of rotatable bonds is 2. The molecular weight excluding hydrogens is 412 g/mol. The third-order valence-corrected chi connectivity index (χ3v) is 4.74. The van der Waals surface area contributed by atoms with Crippen LogP contribution in [0.1, 0.15) is 5.69 Å². The molecule has 28 heavy (non-hydrogen) atoms. The highest BCUT2D eigenvalue weighted by Gasteiger charge is 2.39. The molecule has 142 valence electrons. The van der Waals surface area contributed by atoms with Crippen molar-refractivity contribution in [2.24, 2.45) is 0 Å². The largest absolute Gasteiger partial charge is 0.435 e. The number of hydrogen-bond donors (Lipinski definition) is 1. The van der Waals surface area contributed by atoms with Crippen molar-refractivity contribution >= 4 is 34.7 Å². The maximum absolute atomic E-state index is 13.7. The number of nitrogens with two attached hydrogens (primary N) is 1. The van der Waals surface area contributed by atoms with Crippen LogP contribution in [0.2, 0.25) is 10.0 Å². The molecule has 0 saturated heterocycles. The van der Waals surface area contributed by atoms with E-state index in [2.05, 4.69) is 10.1 Å². The van der Waals surface area contributed by atoms with E-state index in [0.717, 1.165) is 4.52 Å². The summed E-state index contributed by atoms with van der Waals surface area (Å²) in [5.74, 6) is 0.0398. The summed E-state index contributed by atoms with van der Waals surface area (Å²) in [6.07, 6.45) is -3.26. The quantitative estimate of drug-likeness (QED) is 0.432. The average Bonchev–Trinajstić information content (AvgIpc) is 3.05. The molecule has 0 bridgehead atoms. The Hall–Kier alpha value is -2.77. The van der Waals surface area contributed by atoms with Crippen LogP contribution in [0.15, 0.2) is 54.7 Å². The standard InChI is InChI=1S/C19H11Cl2F3N4/c20-12-5-1-10(2-6-12)14-9-26-18-15(11-3-7-13(21)8-4-11)16(19(22,23)24)27-28(18)17(14)25/h1-9H,25H2. The zero-order valence-electron chi connectivity index (χ0n) is 14.0. The predicted octanol–water partition coefficient (Wildman–Crippen LogP) is 5.97. The van der Waals surface area contributed by atoms with Crippen LogP contribution in [0.3, 0.4) is 0 Å². The third kappa shape index (κ3) is 3.16. The average molecular weight is 423 g/mol. The van der Waals surface area contributed by atoms with Crippen LogP contribution in [0.25, 0.3) is 27.9 Å². The van der Waals surface area contributed by atoms with E-state index in [1.54, 1.807) is 24.3 Å². The van der Waals surface area contributed by atoms with Crippen molar-refractivity contribution in [3.8, 4) is 22.3 Å². The van der Waals surface area contributed by atoms with E-state index in [4.69, 9.17) is 28.9 Å². The van der Waals surface area contributed by atoms with Gasteiger partial charge in [-0.15, -0.1) is 0 Å². The lowest BCUT2D eigenvalue weighted by Gasteiger charge is -2.08. The minimum atomic E-state index is -4.68. The number of hydrogen-bond acceptors (Lipinski definition) is 3. The Morgan fingerprint density at radius 2 is 1.39 bits per heavy atom. The van der Waals surface area contributed by atoms with Gasteiger partial charge in [-0.3, -0.25) is 0 Å². The van der Waals surface area contributed by atoms with Gasteiger partial charge in [-0.2, -0.15) is 22.8 Å². The Labute approximate surface area is 167 Å². The zero-order chi connectivity index (χ0) is 20.1. The van der Waals surface area contributed by atoms with Gasteiger partial charge < -0.3 is 5.73 Å². The number of halogens is 5. The van der Waals surface area contributed by atoms with E-state index in [9.17, 15) is 13.2 Å². The van der Waals surface area contributed by atoms with Crippen molar-refractivity contribution in [2.45, 2.75) is 6.18 Å². The molecule has 2 aromatic carbocycles. The molecule has 0 unspecified atom stereocenters. The van der Waals surface area contributed by atoms with Crippen LogP contribution in [0.5, 0.6) is 0 Å². The number of nitrogen functional groups attached to an aromatic ring is 1. The number of fused-ring (bicyclic) bond motifs is 1. The van der Waals surface area contributed by atoms with E-state index in [-0.39, 0.29) is 22.6 Å². The Balaban J connectivity index is 2.00. The van der Waals surface area contributed by atoms with Crippen LogP contribution >= 0.6 is 23.2 Å². The number of alkyl halides is 3. The Morgan fingerprint density at radius 1 is 0.857 bits per heavy atom. The van der Waals surface area contributed by atoms with E-state index >= 15 is 0 Å². The Kier molecular flexibility index (Phi) is 4.44. The fourth-order valence-corrected chi connectivity index (χ4v) is 3.19. The Morgan fingerprint density at radius 3 is 1.93 bits per heavy atom. The van der Waals surface area contributed by atoms with Crippen molar-refractivity contribution in [1.82, 2.24) is 14.6 Å². The van der Waals surface area contributed by atoms with Crippen LogP contribution in [-0.4, -0.2) is 14.6 Å². The molecule has 0 aliphatic carbocycles. The molecule has 0 amide bonds. The highest BCUT2D eigenvalue weighted by molar-refractivity contribution is 6.31. The van der Waals surface area contributed by atoms with Crippen molar-refractivity contribution in [1.29, 1.82) is 0 Å². The topological polar surface area (TPSA) is 56.2 Å². The summed E-state index contributed by atoms with van der Waals surface area (Å²) in [5, 5.41) is 4.67. The summed E-state index contributed by atoms with van der Waals surface area (Å²) < 4.78 is 42.0. The van der Waals surface area contributed by atoms with Crippen molar-refractivity contribution < 1.29 is 13.2 Å². The summed E-state index contributed by atoms with van der Waals surface area (Å²) in [5.41, 5.74) is 6.34. The van der Waals surface area contributed by atoms with Crippen LogP contribution in [0.4, 0.5) is 19.0 Å². The number of benzene rings is 2. The predicted molar refractivity (Wildman–Crippen MR) is 103 cm³/mol. The molecule has 4 aromatic rings. The molecule has 0 spiro atoms. The fourth-order valence-electron chi connectivity index (χ4n) is 2.93. The van der Waals surface area contributed by atoms with E-state index in [1.807, 2.05) is 0 Å². The molecule has 0 aliphatic rings. The maximum Gasteiger partial charge on any atom is 0.435 e. The van der Waals surface area contributed by atoms with Crippen molar-refractivity contribution in [2.75, 3.05) is 5.73 Å². The Bertz CT molecular complexity index is 1170. The minimum absolute atomic E-state index is 0.00450. The molecule has 0 atom stereocenters. The summed E-state index contributed by atoms with van der Waals surface area (Å²) in [6, 6.07) is 12.7. The second-order valence-corrected chi connectivity index (χ2v) is 6.90. The van der Waals surface area contributed by atoms with Gasteiger partial charge in [0.1, 0.15) is 5.82 Å². The van der Waals surface area contributed by atoms with E-state index < -0.39 is 11.9 Å². The van der Waals surface area contributed by atoms with Gasteiger partial charge in [0.25, 0.3) is 0 Å².